The molecule has 1 unspecified atom stereocenters. The quantitative estimate of drug-likeness (QED) is 0.797. The summed E-state index contributed by atoms with van der Waals surface area (Å²) in [5.41, 5.74) is 0.530. The van der Waals surface area contributed by atoms with Gasteiger partial charge in [0, 0.05) is 18.0 Å². The molecule has 1 aliphatic rings. The van der Waals surface area contributed by atoms with Crippen molar-refractivity contribution in [3.63, 3.8) is 0 Å². The molecule has 2 aromatic rings. The van der Waals surface area contributed by atoms with Crippen molar-refractivity contribution in [3.05, 3.63) is 34.2 Å². The van der Waals surface area contributed by atoms with Crippen molar-refractivity contribution in [1.82, 2.24) is 15.3 Å². The van der Waals surface area contributed by atoms with E-state index >= 15 is 0 Å². The maximum Gasteiger partial charge on any atom is 0.323 e. The summed E-state index contributed by atoms with van der Waals surface area (Å²) in [4.78, 5) is 16.2. The highest BCUT2D eigenvalue weighted by Crippen LogP contribution is 2.35. The van der Waals surface area contributed by atoms with E-state index in [1.54, 1.807) is 0 Å². The van der Waals surface area contributed by atoms with E-state index in [9.17, 15) is 13.6 Å². The molecular weight excluding hydrogens is 252 g/mol. The monoisotopic (exact) mass is 267 g/mol. The first-order valence-electron chi connectivity index (χ1n) is 6.38. The van der Waals surface area contributed by atoms with Gasteiger partial charge in [-0.3, -0.25) is 0 Å². The van der Waals surface area contributed by atoms with Gasteiger partial charge >= 0.3 is 5.69 Å². The Hall–Kier alpha value is -1.69. The zero-order valence-corrected chi connectivity index (χ0v) is 10.3. The third-order valence-electron chi connectivity index (χ3n) is 3.60. The van der Waals surface area contributed by atoms with E-state index in [0.29, 0.717) is 11.0 Å². The molecule has 102 valence electrons. The molecule has 0 spiro atoms. The molecule has 1 aromatic carbocycles. The number of imidazole rings is 1. The van der Waals surface area contributed by atoms with Crippen LogP contribution in [0.2, 0.25) is 0 Å². The maximum atomic E-state index is 14.2. The first-order valence-corrected chi connectivity index (χ1v) is 6.38. The minimum absolute atomic E-state index is 0.0519. The lowest BCUT2D eigenvalue weighted by Gasteiger charge is -2.20. The highest BCUT2D eigenvalue weighted by atomic mass is 19.3. The first-order chi connectivity index (χ1) is 9.04. The fourth-order valence-electron chi connectivity index (χ4n) is 2.62. The molecule has 4 nitrogen and oxygen atoms in total. The van der Waals surface area contributed by atoms with E-state index < -0.39 is 5.92 Å². The van der Waals surface area contributed by atoms with Gasteiger partial charge in [-0.25, -0.2) is 13.6 Å². The van der Waals surface area contributed by atoms with Gasteiger partial charge in [0.05, 0.1) is 11.0 Å². The van der Waals surface area contributed by atoms with Gasteiger partial charge in [-0.2, -0.15) is 0 Å². The largest absolute Gasteiger partial charge is 0.323 e. The number of halogens is 2. The van der Waals surface area contributed by atoms with Crippen LogP contribution in [0.1, 0.15) is 24.8 Å². The van der Waals surface area contributed by atoms with Crippen LogP contribution in [-0.4, -0.2) is 22.6 Å². The lowest BCUT2D eigenvalue weighted by Crippen LogP contribution is -2.29. The van der Waals surface area contributed by atoms with E-state index in [-0.39, 0.29) is 23.7 Å². The average Bonchev–Trinajstić information content (AvgIpc) is 2.95. The minimum atomic E-state index is -2.88. The number of aromatic amines is 2. The third-order valence-corrected chi connectivity index (χ3v) is 3.60. The van der Waals surface area contributed by atoms with E-state index in [4.69, 9.17) is 0 Å². The van der Waals surface area contributed by atoms with Gasteiger partial charge < -0.3 is 15.3 Å². The van der Waals surface area contributed by atoms with Crippen molar-refractivity contribution in [1.29, 1.82) is 0 Å². The molecule has 19 heavy (non-hydrogen) atoms. The Balaban J connectivity index is 1.90. The second kappa shape index (κ2) is 4.45. The number of nitrogens with one attached hydrogen (secondary N) is 3. The van der Waals surface area contributed by atoms with Crippen LogP contribution in [0.5, 0.6) is 0 Å². The summed E-state index contributed by atoms with van der Waals surface area (Å²) >= 11 is 0. The van der Waals surface area contributed by atoms with Crippen LogP contribution >= 0.6 is 0 Å². The summed E-state index contributed by atoms with van der Waals surface area (Å²) in [6.45, 7) is 0.810. The number of rotatable bonds is 3. The molecule has 0 bridgehead atoms. The topological polar surface area (TPSA) is 60.7 Å². The Kier molecular flexibility index (Phi) is 2.89. The lowest BCUT2D eigenvalue weighted by molar-refractivity contribution is -0.0212. The fraction of sp³-hybridized carbons (Fsp3) is 0.462. The Labute approximate surface area is 108 Å². The predicted octanol–water partition coefficient (Wildman–Crippen LogP) is 2.09. The van der Waals surface area contributed by atoms with Crippen LogP contribution in [0.4, 0.5) is 8.78 Å². The van der Waals surface area contributed by atoms with Crippen molar-refractivity contribution >= 4 is 11.0 Å². The van der Waals surface area contributed by atoms with Crippen molar-refractivity contribution in [3.8, 4) is 0 Å². The van der Waals surface area contributed by atoms with Crippen molar-refractivity contribution < 1.29 is 8.78 Å². The van der Waals surface area contributed by atoms with Crippen LogP contribution in [0.25, 0.3) is 11.0 Å². The molecule has 0 radical (unpaired) electrons. The molecule has 1 aromatic heterocycles. The molecule has 0 saturated carbocycles. The van der Waals surface area contributed by atoms with Crippen LogP contribution in [-0.2, 0) is 5.92 Å². The summed E-state index contributed by atoms with van der Waals surface area (Å²) in [6.07, 6.45) is 1.54. The number of fused-ring (bicyclic) bond motifs is 1. The first kappa shape index (κ1) is 12.3. The number of benzene rings is 1. The number of H-pyrrole nitrogens is 2. The summed E-state index contributed by atoms with van der Waals surface area (Å²) < 4.78 is 28.4. The summed E-state index contributed by atoms with van der Waals surface area (Å²) in [5, 5.41) is 3.08. The zero-order chi connectivity index (χ0) is 13.5. The number of hydrogen-bond donors (Lipinski definition) is 3. The molecule has 6 heteroatoms. The molecule has 2 heterocycles. The van der Waals surface area contributed by atoms with Gasteiger partial charge in [-0.1, -0.05) is 6.07 Å². The van der Waals surface area contributed by atoms with E-state index in [2.05, 4.69) is 15.3 Å². The summed E-state index contributed by atoms with van der Waals surface area (Å²) in [5.74, 6) is -2.88. The van der Waals surface area contributed by atoms with Crippen LogP contribution in [0.3, 0.4) is 0 Å². The summed E-state index contributed by atoms with van der Waals surface area (Å²) in [6, 6.07) is 4.11. The smallest absolute Gasteiger partial charge is 0.314 e. The third kappa shape index (κ3) is 2.40. The number of aromatic nitrogens is 2. The predicted molar refractivity (Wildman–Crippen MR) is 68.5 cm³/mol. The van der Waals surface area contributed by atoms with Gasteiger partial charge in [0.1, 0.15) is 0 Å². The molecule has 3 N–H and O–H groups in total. The molecule has 0 amide bonds. The Morgan fingerprint density at radius 3 is 2.79 bits per heavy atom. The van der Waals surface area contributed by atoms with Crippen molar-refractivity contribution in [2.24, 2.45) is 0 Å². The van der Waals surface area contributed by atoms with Gasteiger partial charge in [0.2, 0.25) is 0 Å². The molecule has 1 atom stereocenters. The molecule has 3 rings (SSSR count). The van der Waals surface area contributed by atoms with Crippen LogP contribution in [0.15, 0.2) is 23.0 Å². The average molecular weight is 267 g/mol. The highest BCUT2D eigenvalue weighted by molar-refractivity contribution is 5.75. The Morgan fingerprint density at radius 2 is 2.05 bits per heavy atom. The van der Waals surface area contributed by atoms with Crippen LogP contribution in [0, 0.1) is 0 Å². The zero-order valence-electron chi connectivity index (χ0n) is 10.3. The Bertz CT molecular complexity index is 641. The van der Waals surface area contributed by atoms with Gasteiger partial charge in [0.25, 0.3) is 5.92 Å². The molecule has 1 aliphatic heterocycles. The van der Waals surface area contributed by atoms with Gasteiger partial charge in [-0.05, 0) is 31.5 Å². The molecule has 1 fully saturated rings. The molecule has 0 aliphatic carbocycles. The minimum Gasteiger partial charge on any atom is -0.314 e. The molecular formula is C13H15F2N3O. The summed E-state index contributed by atoms with van der Waals surface area (Å²) in [7, 11) is 0. The van der Waals surface area contributed by atoms with E-state index in [1.165, 1.54) is 18.2 Å². The Morgan fingerprint density at radius 1 is 1.26 bits per heavy atom. The standard InChI is InChI=1S/C13H15F2N3O/c14-13(15,7-9-2-1-5-16-9)8-3-4-10-11(6-8)18-12(19)17-10/h3-4,6,9,16H,1-2,5,7H2,(H2,17,18,19). The number of alkyl halides is 2. The second-order valence-corrected chi connectivity index (χ2v) is 5.04. The van der Waals surface area contributed by atoms with Gasteiger partial charge in [-0.15, -0.1) is 0 Å². The number of hydrogen-bond acceptors (Lipinski definition) is 2. The van der Waals surface area contributed by atoms with Crippen molar-refractivity contribution in [2.75, 3.05) is 6.54 Å². The second-order valence-electron chi connectivity index (χ2n) is 5.04. The van der Waals surface area contributed by atoms with Crippen LogP contribution < -0.4 is 11.0 Å². The fourth-order valence-corrected chi connectivity index (χ4v) is 2.62. The highest BCUT2D eigenvalue weighted by Gasteiger charge is 2.35. The van der Waals surface area contributed by atoms with Gasteiger partial charge in [0.15, 0.2) is 0 Å². The van der Waals surface area contributed by atoms with Crippen molar-refractivity contribution in [2.45, 2.75) is 31.2 Å². The van der Waals surface area contributed by atoms with E-state index in [0.717, 1.165) is 19.4 Å². The lowest BCUT2D eigenvalue weighted by atomic mass is 9.99. The molecule has 1 saturated heterocycles. The van der Waals surface area contributed by atoms with E-state index in [1.807, 2.05) is 0 Å². The SMILES string of the molecule is O=c1[nH]c2ccc(C(F)(F)CC3CCCN3)cc2[nH]1. The normalized spacial score (nSPS) is 20.2. The maximum absolute atomic E-state index is 14.2.